The maximum atomic E-state index is 12.3. The lowest BCUT2D eigenvalue weighted by molar-refractivity contribution is 0.0475. The first kappa shape index (κ1) is 23.2. The number of ether oxygens (including phenoxy) is 3. The summed E-state index contributed by atoms with van der Waals surface area (Å²) in [5.41, 5.74) is 1.24. The molecule has 0 saturated heterocycles. The molecule has 1 aromatic carbocycles. The van der Waals surface area contributed by atoms with E-state index in [9.17, 15) is 9.59 Å². The van der Waals surface area contributed by atoms with Crippen LogP contribution >= 0.6 is 0 Å². The minimum atomic E-state index is -0.610. The second-order valence-electron chi connectivity index (χ2n) is 7.83. The molecule has 7 heteroatoms. The Morgan fingerprint density at radius 3 is 2.47 bits per heavy atom. The zero-order chi connectivity index (χ0) is 22.1. The summed E-state index contributed by atoms with van der Waals surface area (Å²) in [4.78, 5) is 28.8. The Morgan fingerprint density at radius 2 is 1.83 bits per heavy atom. The van der Waals surface area contributed by atoms with Crippen LogP contribution in [-0.2, 0) is 15.9 Å². The number of carbonyl (C=O) groups excluding carboxylic acids is 2. The largest absolute Gasteiger partial charge is 0.490 e. The molecule has 0 aliphatic carbocycles. The number of aryl methyl sites for hydroxylation is 1. The van der Waals surface area contributed by atoms with E-state index in [0.29, 0.717) is 17.9 Å². The fourth-order valence-electron chi connectivity index (χ4n) is 2.83. The van der Waals surface area contributed by atoms with E-state index in [1.54, 1.807) is 46.9 Å². The monoisotopic (exact) mass is 414 g/mol. The SMILES string of the molecule is CCOC(=O)c1c(OCC(Cc2ccccc2)NC(=O)OC(C)(C)C)ccnc1C. The predicted octanol–water partition coefficient (Wildman–Crippen LogP) is 4.08. The number of nitrogens with zero attached hydrogens (tertiary/aromatic N) is 1. The van der Waals surface area contributed by atoms with Gasteiger partial charge in [-0.15, -0.1) is 0 Å². The van der Waals surface area contributed by atoms with Crippen LogP contribution in [0.4, 0.5) is 4.79 Å². The molecule has 7 nitrogen and oxygen atoms in total. The molecule has 1 N–H and O–H groups in total. The summed E-state index contributed by atoms with van der Waals surface area (Å²) in [7, 11) is 0. The summed E-state index contributed by atoms with van der Waals surface area (Å²) in [6.45, 7) is 9.28. The Bertz CT molecular complexity index is 846. The molecule has 0 spiro atoms. The molecule has 2 aromatic rings. The quantitative estimate of drug-likeness (QED) is 0.655. The van der Waals surface area contributed by atoms with Gasteiger partial charge >= 0.3 is 12.1 Å². The van der Waals surface area contributed by atoms with Gasteiger partial charge in [0, 0.05) is 6.20 Å². The predicted molar refractivity (Wildman–Crippen MR) is 114 cm³/mol. The van der Waals surface area contributed by atoms with Crippen molar-refractivity contribution in [1.29, 1.82) is 0 Å². The fourth-order valence-corrected chi connectivity index (χ4v) is 2.83. The molecule has 1 aromatic heterocycles. The van der Waals surface area contributed by atoms with Crippen molar-refractivity contribution in [2.45, 2.75) is 52.7 Å². The number of benzene rings is 1. The Labute approximate surface area is 177 Å². The van der Waals surface area contributed by atoms with E-state index in [-0.39, 0.29) is 24.8 Å². The maximum Gasteiger partial charge on any atom is 0.408 e. The summed E-state index contributed by atoms with van der Waals surface area (Å²) in [6, 6.07) is 11.0. The molecule has 1 heterocycles. The Kier molecular flexibility index (Phi) is 8.21. The summed E-state index contributed by atoms with van der Waals surface area (Å²) in [5, 5.41) is 2.86. The molecule has 1 atom stereocenters. The van der Waals surface area contributed by atoms with Crippen molar-refractivity contribution >= 4 is 12.1 Å². The van der Waals surface area contributed by atoms with E-state index in [4.69, 9.17) is 14.2 Å². The summed E-state index contributed by atoms with van der Waals surface area (Å²) in [6.07, 6.45) is 1.59. The minimum Gasteiger partial charge on any atom is -0.490 e. The van der Waals surface area contributed by atoms with Gasteiger partial charge in [0.25, 0.3) is 0 Å². The molecule has 1 amide bonds. The van der Waals surface area contributed by atoms with Gasteiger partial charge in [0.1, 0.15) is 23.5 Å². The molecule has 1 unspecified atom stereocenters. The number of alkyl carbamates (subject to hydrolysis) is 1. The molecule has 0 radical (unpaired) electrons. The average Bonchev–Trinajstić information content (AvgIpc) is 2.65. The van der Waals surface area contributed by atoms with Gasteiger partial charge in [-0.1, -0.05) is 30.3 Å². The first-order valence-electron chi connectivity index (χ1n) is 9.98. The molecule has 0 bridgehead atoms. The van der Waals surface area contributed by atoms with E-state index in [2.05, 4.69) is 10.3 Å². The van der Waals surface area contributed by atoms with Crippen molar-refractivity contribution < 1.29 is 23.8 Å². The van der Waals surface area contributed by atoms with Crippen LogP contribution in [0.2, 0.25) is 0 Å². The van der Waals surface area contributed by atoms with Crippen LogP contribution in [0.15, 0.2) is 42.6 Å². The number of amides is 1. The van der Waals surface area contributed by atoms with Crippen molar-refractivity contribution in [2.24, 2.45) is 0 Å². The smallest absolute Gasteiger partial charge is 0.408 e. The number of esters is 1. The van der Waals surface area contributed by atoms with Crippen LogP contribution in [-0.4, -0.2) is 41.9 Å². The molecule has 2 rings (SSSR count). The van der Waals surface area contributed by atoms with E-state index in [0.717, 1.165) is 5.56 Å². The molecule has 0 saturated carbocycles. The van der Waals surface area contributed by atoms with Crippen LogP contribution < -0.4 is 10.1 Å². The minimum absolute atomic E-state index is 0.143. The van der Waals surface area contributed by atoms with Gasteiger partial charge in [0.2, 0.25) is 0 Å². The van der Waals surface area contributed by atoms with Crippen molar-refractivity contribution in [3.63, 3.8) is 0 Å². The standard InChI is InChI=1S/C23H30N2O5/c1-6-28-21(26)20-16(2)24-13-12-19(20)29-15-18(14-17-10-8-7-9-11-17)25-22(27)30-23(3,4)5/h7-13,18H,6,14-15H2,1-5H3,(H,25,27). The van der Waals surface area contributed by atoms with Crippen LogP contribution in [0.3, 0.4) is 0 Å². The third-order valence-corrected chi connectivity index (χ3v) is 4.07. The van der Waals surface area contributed by atoms with E-state index in [1.807, 2.05) is 30.3 Å². The highest BCUT2D eigenvalue weighted by atomic mass is 16.6. The van der Waals surface area contributed by atoms with Crippen LogP contribution in [0.25, 0.3) is 0 Å². The van der Waals surface area contributed by atoms with E-state index in [1.165, 1.54) is 0 Å². The van der Waals surface area contributed by atoms with Gasteiger partial charge < -0.3 is 19.5 Å². The van der Waals surface area contributed by atoms with Gasteiger partial charge in [-0.25, -0.2) is 9.59 Å². The highest BCUT2D eigenvalue weighted by molar-refractivity contribution is 5.93. The average molecular weight is 415 g/mol. The van der Waals surface area contributed by atoms with Crippen LogP contribution in [0.5, 0.6) is 5.75 Å². The van der Waals surface area contributed by atoms with Crippen molar-refractivity contribution in [3.8, 4) is 5.75 Å². The number of nitrogens with one attached hydrogen (secondary N) is 1. The topological polar surface area (TPSA) is 86.8 Å². The zero-order valence-corrected chi connectivity index (χ0v) is 18.2. The lowest BCUT2D eigenvalue weighted by atomic mass is 10.1. The summed E-state index contributed by atoms with van der Waals surface area (Å²) < 4.78 is 16.4. The number of aromatic nitrogens is 1. The van der Waals surface area contributed by atoms with Crippen molar-refractivity contribution in [2.75, 3.05) is 13.2 Å². The highest BCUT2D eigenvalue weighted by Crippen LogP contribution is 2.22. The zero-order valence-electron chi connectivity index (χ0n) is 18.2. The van der Waals surface area contributed by atoms with Crippen LogP contribution in [0.1, 0.15) is 49.3 Å². The molecule has 0 aliphatic heterocycles. The highest BCUT2D eigenvalue weighted by Gasteiger charge is 2.22. The van der Waals surface area contributed by atoms with Gasteiger partial charge in [-0.2, -0.15) is 0 Å². The van der Waals surface area contributed by atoms with Gasteiger partial charge in [-0.05, 0) is 52.7 Å². The Morgan fingerprint density at radius 1 is 1.13 bits per heavy atom. The van der Waals surface area contributed by atoms with Crippen molar-refractivity contribution in [1.82, 2.24) is 10.3 Å². The second-order valence-corrected chi connectivity index (χ2v) is 7.83. The molecule has 0 aliphatic rings. The number of hydrogen-bond donors (Lipinski definition) is 1. The normalized spacial score (nSPS) is 12.0. The van der Waals surface area contributed by atoms with E-state index >= 15 is 0 Å². The van der Waals surface area contributed by atoms with Gasteiger partial charge in [0.15, 0.2) is 0 Å². The molecule has 162 valence electrons. The Balaban J connectivity index is 2.17. The third kappa shape index (κ3) is 7.39. The van der Waals surface area contributed by atoms with Gasteiger partial charge in [0.05, 0.1) is 18.3 Å². The van der Waals surface area contributed by atoms with Crippen molar-refractivity contribution in [3.05, 3.63) is 59.4 Å². The summed E-state index contributed by atoms with van der Waals surface area (Å²) >= 11 is 0. The third-order valence-electron chi connectivity index (χ3n) is 4.07. The Hall–Kier alpha value is -3.09. The first-order valence-corrected chi connectivity index (χ1v) is 9.98. The fraction of sp³-hybridized carbons (Fsp3) is 0.435. The number of pyridine rings is 1. The molecular weight excluding hydrogens is 384 g/mol. The first-order chi connectivity index (χ1) is 14.2. The summed E-state index contributed by atoms with van der Waals surface area (Å²) in [5.74, 6) is -0.122. The lowest BCUT2D eigenvalue weighted by Gasteiger charge is -2.24. The number of carbonyl (C=O) groups is 2. The van der Waals surface area contributed by atoms with Gasteiger partial charge in [-0.3, -0.25) is 4.98 Å². The van der Waals surface area contributed by atoms with E-state index < -0.39 is 17.7 Å². The molecule has 0 fully saturated rings. The van der Waals surface area contributed by atoms with Crippen LogP contribution in [0, 0.1) is 6.92 Å². The molecular formula is C23H30N2O5. The second kappa shape index (κ2) is 10.6. The lowest BCUT2D eigenvalue weighted by Crippen LogP contribution is -2.43. The molecule has 30 heavy (non-hydrogen) atoms. The number of hydrogen-bond acceptors (Lipinski definition) is 6. The number of rotatable bonds is 8. The maximum absolute atomic E-state index is 12.3.